The summed E-state index contributed by atoms with van der Waals surface area (Å²) in [6.45, 7) is 1.56. The monoisotopic (exact) mass is 265 g/mol. The molecule has 0 saturated carbocycles. The highest BCUT2D eigenvalue weighted by atomic mass is 79.9. The molecule has 2 rings (SSSR count). The molecule has 0 radical (unpaired) electrons. The van der Waals surface area contributed by atoms with E-state index in [1.807, 2.05) is 23.1 Å². The standard InChI is InChI=1S/C12H12BrNO/c13-11-5-3-10(4-6-11)7-9-14-8-1-2-12(14)15/h1-6H,7-9H2. The van der Waals surface area contributed by atoms with Crippen LogP contribution in [0, 0.1) is 0 Å². The Hall–Kier alpha value is -1.09. The van der Waals surface area contributed by atoms with Crippen molar-refractivity contribution >= 4 is 21.8 Å². The molecule has 3 heteroatoms. The average molecular weight is 266 g/mol. The van der Waals surface area contributed by atoms with Crippen molar-refractivity contribution in [3.63, 3.8) is 0 Å². The zero-order chi connectivity index (χ0) is 10.7. The highest BCUT2D eigenvalue weighted by molar-refractivity contribution is 9.10. The summed E-state index contributed by atoms with van der Waals surface area (Å²) in [4.78, 5) is 13.1. The van der Waals surface area contributed by atoms with Crippen molar-refractivity contribution in [3.8, 4) is 0 Å². The van der Waals surface area contributed by atoms with Gasteiger partial charge >= 0.3 is 0 Å². The maximum atomic E-state index is 11.3. The lowest BCUT2D eigenvalue weighted by Gasteiger charge is -2.15. The highest BCUT2D eigenvalue weighted by Crippen LogP contribution is 2.11. The van der Waals surface area contributed by atoms with Gasteiger partial charge in [0.2, 0.25) is 5.91 Å². The second-order valence-corrected chi connectivity index (χ2v) is 4.48. The van der Waals surface area contributed by atoms with Crippen molar-refractivity contribution in [1.29, 1.82) is 0 Å². The number of carbonyl (C=O) groups is 1. The van der Waals surface area contributed by atoms with Gasteiger partial charge in [-0.1, -0.05) is 34.1 Å². The van der Waals surface area contributed by atoms with Crippen molar-refractivity contribution in [3.05, 3.63) is 46.5 Å². The summed E-state index contributed by atoms with van der Waals surface area (Å²) in [5.74, 6) is 0.132. The van der Waals surface area contributed by atoms with Gasteiger partial charge in [0.15, 0.2) is 0 Å². The Morgan fingerprint density at radius 2 is 2.00 bits per heavy atom. The number of halogens is 1. The van der Waals surface area contributed by atoms with Crippen molar-refractivity contribution in [2.45, 2.75) is 6.42 Å². The van der Waals surface area contributed by atoms with Crippen LogP contribution in [0.3, 0.4) is 0 Å². The minimum Gasteiger partial charge on any atom is -0.335 e. The Balaban J connectivity index is 1.88. The van der Waals surface area contributed by atoms with E-state index in [-0.39, 0.29) is 5.91 Å². The first kappa shape index (κ1) is 10.4. The van der Waals surface area contributed by atoms with Gasteiger partial charge in [-0.2, -0.15) is 0 Å². The van der Waals surface area contributed by atoms with Crippen molar-refractivity contribution < 1.29 is 4.79 Å². The number of hydrogen-bond acceptors (Lipinski definition) is 1. The van der Waals surface area contributed by atoms with Crippen LogP contribution in [0.2, 0.25) is 0 Å². The lowest BCUT2D eigenvalue weighted by atomic mass is 10.1. The third-order valence-electron chi connectivity index (χ3n) is 2.48. The molecule has 1 aromatic carbocycles. The molecule has 0 atom stereocenters. The summed E-state index contributed by atoms with van der Waals surface area (Å²) < 4.78 is 1.09. The third kappa shape index (κ3) is 2.69. The van der Waals surface area contributed by atoms with Crippen LogP contribution in [0.15, 0.2) is 40.9 Å². The Bertz CT molecular complexity index is 383. The summed E-state index contributed by atoms with van der Waals surface area (Å²) in [6.07, 6.45) is 4.46. The molecule has 0 fully saturated rings. The number of hydrogen-bond donors (Lipinski definition) is 0. The summed E-state index contributed by atoms with van der Waals surface area (Å²) in [6, 6.07) is 8.22. The second kappa shape index (κ2) is 4.62. The minimum absolute atomic E-state index is 0.132. The number of benzene rings is 1. The minimum atomic E-state index is 0.132. The lowest BCUT2D eigenvalue weighted by molar-refractivity contribution is -0.124. The smallest absolute Gasteiger partial charge is 0.246 e. The fourth-order valence-electron chi connectivity index (χ4n) is 1.59. The van der Waals surface area contributed by atoms with Crippen molar-refractivity contribution in [2.75, 3.05) is 13.1 Å². The number of nitrogens with zero attached hydrogens (tertiary/aromatic N) is 1. The summed E-state index contributed by atoms with van der Waals surface area (Å²) >= 11 is 3.40. The molecule has 1 amide bonds. The molecule has 0 N–H and O–H groups in total. The van der Waals surface area contributed by atoms with Crippen LogP contribution >= 0.6 is 15.9 Å². The molecular formula is C12H12BrNO. The molecule has 0 aliphatic carbocycles. The largest absolute Gasteiger partial charge is 0.335 e. The van der Waals surface area contributed by atoms with Crippen LogP contribution in [0.4, 0.5) is 0 Å². The van der Waals surface area contributed by atoms with Crippen molar-refractivity contribution in [2.24, 2.45) is 0 Å². The predicted octanol–water partition coefficient (Wildman–Crippen LogP) is 2.39. The van der Waals surface area contributed by atoms with Gasteiger partial charge in [0.25, 0.3) is 0 Å². The van der Waals surface area contributed by atoms with E-state index in [0.29, 0.717) is 0 Å². The van der Waals surface area contributed by atoms with Crippen molar-refractivity contribution in [1.82, 2.24) is 4.90 Å². The molecule has 1 aliphatic heterocycles. The van der Waals surface area contributed by atoms with Gasteiger partial charge in [-0.25, -0.2) is 0 Å². The molecule has 1 aliphatic rings. The van der Waals surface area contributed by atoms with Gasteiger partial charge in [-0.05, 0) is 24.1 Å². The van der Waals surface area contributed by atoms with Gasteiger partial charge in [0, 0.05) is 23.6 Å². The maximum absolute atomic E-state index is 11.3. The summed E-state index contributed by atoms with van der Waals surface area (Å²) in [5, 5.41) is 0. The zero-order valence-electron chi connectivity index (χ0n) is 8.32. The molecule has 0 aromatic heterocycles. The third-order valence-corrected chi connectivity index (χ3v) is 3.01. The number of carbonyl (C=O) groups excluding carboxylic acids is 1. The second-order valence-electron chi connectivity index (χ2n) is 3.56. The predicted molar refractivity (Wildman–Crippen MR) is 63.6 cm³/mol. The first-order valence-corrected chi connectivity index (χ1v) is 5.75. The quantitative estimate of drug-likeness (QED) is 0.822. The van der Waals surface area contributed by atoms with Gasteiger partial charge in [0.1, 0.15) is 0 Å². The first-order valence-electron chi connectivity index (χ1n) is 4.95. The van der Waals surface area contributed by atoms with E-state index >= 15 is 0 Å². The highest BCUT2D eigenvalue weighted by Gasteiger charge is 2.13. The van der Waals surface area contributed by atoms with E-state index in [0.717, 1.165) is 24.0 Å². The molecule has 2 nitrogen and oxygen atoms in total. The molecule has 78 valence electrons. The zero-order valence-corrected chi connectivity index (χ0v) is 9.90. The molecular weight excluding hydrogens is 254 g/mol. The Labute approximate surface area is 97.7 Å². The maximum Gasteiger partial charge on any atom is 0.246 e. The van der Waals surface area contributed by atoms with E-state index in [9.17, 15) is 4.79 Å². The van der Waals surface area contributed by atoms with E-state index in [4.69, 9.17) is 0 Å². The van der Waals surface area contributed by atoms with Gasteiger partial charge in [0.05, 0.1) is 0 Å². The van der Waals surface area contributed by atoms with Crippen LogP contribution < -0.4 is 0 Å². The normalized spacial score (nSPS) is 15.0. The van der Waals surface area contributed by atoms with E-state index in [1.165, 1.54) is 5.56 Å². The Morgan fingerprint density at radius 1 is 1.27 bits per heavy atom. The Kier molecular flexibility index (Phi) is 3.21. The molecule has 0 spiro atoms. The summed E-state index contributed by atoms with van der Waals surface area (Å²) in [5.41, 5.74) is 1.26. The molecule has 0 bridgehead atoms. The number of amides is 1. The topological polar surface area (TPSA) is 20.3 Å². The van der Waals surface area contributed by atoms with Crippen LogP contribution in [0.1, 0.15) is 5.56 Å². The van der Waals surface area contributed by atoms with E-state index < -0.39 is 0 Å². The molecule has 0 saturated heterocycles. The lowest BCUT2D eigenvalue weighted by Crippen LogP contribution is -2.27. The number of rotatable bonds is 3. The van der Waals surface area contributed by atoms with Gasteiger partial charge in [-0.3, -0.25) is 4.79 Å². The average Bonchev–Trinajstić information content (AvgIpc) is 2.63. The SMILES string of the molecule is O=C1C=CCN1CCc1ccc(Br)cc1. The fourth-order valence-corrected chi connectivity index (χ4v) is 1.86. The van der Waals surface area contributed by atoms with Crippen LogP contribution in [-0.4, -0.2) is 23.9 Å². The molecule has 1 heterocycles. The molecule has 15 heavy (non-hydrogen) atoms. The molecule has 0 unspecified atom stereocenters. The van der Waals surface area contributed by atoms with Crippen LogP contribution in [-0.2, 0) is 11.2 Å². The Morgan fingerprint density at radius 3 is 2.60 bits per heavy atom. The van der Waals surface area contributed by atoms with Crippen LogP contribution in [0.5, 0.6) is 0 Å². The first-order chi connectivity index (χ1) is 7.25. The summed E-state index contributed by atoms with van der Waals surface area (Å²) in [7, 11) is 0. The van der Waals surface area contributed by atoms with Crippen LogP contribution in [0.25, 0.3) is 0 Å². The van der Waals surface area contributed by atoms with E-state index in [1.54, 1.807) is 6.08 Å². The fraction of sp³-hybridized carbons (Fsp3) is 0.250. The van der Waals surface area contributed by atoms with E-state index in [2.05, 4.69) is 28.1 Å². The van der Waals surface area contributed by atoms with Gasteiger partial charge < -0.3 is 4.90 Å². The molecule has 1 aromatic rings. The van der Waals surface area contributed by atoms with Gasteiger partial charge in [-0.15, -0.1) is 0 Å².